The largest absolute Gasteiger partial charge is 0.381 e. The fourth-order valence-electron chi connectivity index (χ4n) is 0.769. The molecule has 0 aliphatic carbocycles. The predicted octanol–water partition coefficient (Wildman–Crippen LogP) is -0.660. The average Bonchev–Trinajstić information content (AvgIpc) is 2.15. The van der Waals surface area contributed by atoms with Crippen molar-refractivity contribution in [1.82, 2.24) is 4.98 Å². The van der Waals surface area contributed by atoms with E-state index in [1.165, 1.54) is 0 Å². The quantitative estimate of drug-likeness (QED) is 0.575. The molecule has 1 rings (SSSR count). The van der Waals surface area contributed by atoms with Gasteiger partial charge >= 0.3 is 0 Å². The van der Waals surface area contributed by atoms with Crippen molar-refractivity contribution >= 4 is 11.7 Å². The summed E-state index contributed by atoms with van der Waals surface area (Å²) in [7, 11) is 0. The van der Waals surface area contributed by atoms with E-state index in [0.29, 0.717) is 5.82 Å². The average molecular weight is 181 g/mol. The first-order valence-electron chi connectivity index (χ1n) is 3.82. The van der Waals surface area contributed by atoms with Gasteiger partial charge in [0.05, 0.1) is 6.54 Å². The van der Waals surface area contributed by atoms with Gasteiger partial charge in [-0.3, -0.25) is 4.79 Å². The summed E-state index contributed by atoms with van der Waals surface area (Å²) in [4.78, 5) is 14.4. The van der Waals surface area contributed by atoms with E-state index in [0.717, 1.165) is 0 Å². The Balaban J connectivity index is 2.39. The summed E-state index contributed by atoms with van der Waals surface area (Å²) in [5, 5.41) is 11.8. The maximum Gasteiger partial charge on any atom is 0.248 e. The van der Waals surface area contributed by atoms with Crippen LogP contribution in [0.4, 0.5) is 5.82 Å². The van der Waals surface area contributed by atoms with Crippen LogP contribution in [0.25, 0.3) is 0 Å². The van der Waals surface area contributed by atoms with Crippen molar-refractivity contribution in [3.8, 4) is 0 Å². The summed E-state index contributed by atoms with van der Waals surface area (Å²) in [6.45, 7) is 0.0757. The summed E-state index contributed by atoms with van der Waals surface area (Å²) < 4.78 is 0. The first-order chi connectivity index (χ1) is 6.20. The number of aromatic nitrogens is 1. The number of amides is 1. The molecule has 0 fully saturated rings. The van der Waals surface area contributed by atoms with Gasteiger partial charge in [-0.25, -0.2) is 4.98 Å². The molecule has 0 saturated carbocycles. The highest BCUT2D eigenvalue weighted by Crippen LogP contribution is 1.99. The number of nitrogens with zero attached hydrogens (tertiary/aromatic N) is 1. The van der Waals surface area contributed by atoms with Crippen molar-refractivity contribution in [2.24, 2.45) is 5.73 Å². The van der Waals surface area contributed by atoms with Crippen LogP contribution in [0.2, 0.25) is 0 Å². The van der Waals surface area contributed by atoms with E-state index < -0.39 is 12.0 Å². The zero-order valence-electron chi connectivity index (χ0n) is 6.97. The van der Waals surface area contributed by atoms with Crippen molar-refractivity contribution < 1.29 is 9.90 Å². The number of rotatable bonds is 4. The lowest BCUT2D eigenvalue weighted by molar-refractivity contribution is -0.125. The Morgan fingerprint density at radius 1 is 1.69 bits per heavy atom. The van der Waals surface area contributed by atoms with Crippen molar-refractivity contribution in [3.05, 3.63) is 24.4 Å². The van der Waals surface area contributed by atoms with Crippen LogP contribution < -0.4 is 11.1 Å². The number of aliphatic hydroxyl groups excluding tert-OH is 1. The number of anilines is 1. The Kier molecular flexibility index (Phi) is 3.22. The van der Waals surface area contributed by atoms with Crippen LogP contribution >= 0.6 is 0 Å². The molecule has 0 aliphatic rings. The van der Waals surface area contributed by atoms with E-state index in [2.05, 4.69) is 10.3 Å². The highest BCUT2D eigenvalue weighted by atomic mass is 16.3. The van der Waals surface area contributed by atoms with Crippen LogP contribution in [-0.4, -0.2) is 28.6 Å². The SMILES string of the molecule is NC(=O)C(O)CNc1ccccn1. The van der Waals surface area contributed by atoms with Crippen molar-refractivity contribution in [1.29, 1.82) is 0 Å². The minimum atomic E-state index is -1.18. The van der Waals surface area contributed by atoms with E-state index in [-0.39, 0.29) is 6.54 Å². The second kappa shape index (κ2) is 4.42. The molecule has 0 spiro atoms. The zero-order chi connectivity index (χ0) is 9.68. The number of nitrogens with two attached hydrogens (primary N) is 1. The fourth-order valence-corrected chi connectivity index (χ4v) is 0.769. The summed E-state index contributed by atoms with van der Waals surface area (Å²) in [6, 6.07) is 5.30. The van der Waals surface area contributed by atoms with Crippen LogP contribution in [0.3, 0.4) is 0 Å². The fraction of sp³-hybridized carbons (Fsp3) is 0.250. The van der Waals surface area contributed by atoms with Gasteiger partial charge in [0.2, 0.25) is 5.91 Å². The second-order valence-electron chi connectivity index (χ2n) is 2.51. The Morgan fingerprint density at radius 3 is 3.00 bits per heavy atom. The molecule has 0 aliphatic heterocycles. The molecule has 0 saturated heterocycles. The maximum absolute atomic E-state index is 10.4. The van der Waals surface area contributed by atoms with E-state index in [1.807, 2.05) is 0 Å². The van der Waals surface area contributed by atoms with Gasteiger partial charge in [0.25, 0.3) is 0 Å². The number of pyridine rings is 1. The summed E-state index contributed by atoms with van der Waals surface area (Å²) in [5.41, 5.74) is 4.85. The van der Waals surface area contributed by atoms with Gasteiger partial charge in [0.1, 0.15) is 11.9 Å². The van der Waals surface area contributed by atoms with Crippen molar-refractivity contribution in [2.45, 2.75) is 6.10 Å². The zero-order valence-corrected chi connectivity index (χ0v) is 6.97. The summed E-state index contributed by atoms with van der Waals surface area (Å²) in [5.74, 6) is -0.147. The topological polar surface area (TPSA) is 88.2 Å². The number of hydrogen-bond donors (Lipinski definition) is 3. The molecule has 1 atom stereocenters. The summed E-state index contributed by atoms with van der Waals surface area (Å²) >= 11 is 0. The molecular formula is C8H11N3O2. The van der Waals surface area contributed by atoms with Crippen molar-refractivity contribution in [2.75, 3.05) is 11.9 Å². The van der Waals surface area contributed by atoms with Gasteiger partial charge in [-0.05, 0) is 12.1 Å². The molecule has 5 heteroatoms. The van der Waals surface area contributed by atoms with Gasteiger partial charge in [-0.15, -0.1) is 0 Å². The normalized spacial score (nSPS) is 12.1. The maximum atomic E-state index is 10.4. The summed E-state index contributed by atoms with van der Waals surface area (Å²) in [6.07, 6.45) is 0.431. The molecular weight excluding hydrogens is 170 g/mol. The van der Waals surface area contributed by atoms with Gasteiger partial charge in [0, 0.05) is 6.20 Å². The number of hydrogen-bond acceptors (Lipinski definition) is 4. The highest BCUT2D eigenvalue weighted by Gasteiger charge is 2.09. The van der Waals surface area contributed by atoms with Crippen LogP contribution in [0.5, 0.6) is 0 Å². The number of nitrogens with one attached hydrogen (secondary N) is 1. The molecule has 0 bridgehead atoms. The van der Waals surface area contributed by atoms with Gasteiger partial charge in [-0.1, -0.05) is 6.07 Å². The van der Waals surface area contributed by atoms with Gasteiger partial charge in [0.15, 0.2) is 0 Å². The van der Waals surface area contributed by atoms with E-state index in [9.17, 15) is 4.79 Å². The third-order valence-corrected chi connectivity index (χ3v) is 1.47. The predicted molar refractivity (Wildman–Crippen MR) is 47.9 cm³/mol. The lowest BCUT2D eigenvalue weighted by Crippen LogP contribution is -2.34. The molecule has 1 heterocycles. The first-order valence-corrected chi connectivity index (χ1v) is 3.82. The molecule has 1 unspecified atom stereocenters. The minimum Gasteiger partial charge on any atom is -0.381 e. The van der Waals surface area contributed by atoms with Gasteiger partial charge < -0.3 is 16.2 Å². The molecule has 1 aromatic rings. The first kappa shape index (κ1) is 9.47. The van der Waals surface area contributed by atoms with Crippen LogP contribution in [0, 0.1) is 0 Å². The van der Waals surface area contributed by atoms with E-state index in [1.54, 1.807) is 24.4 Å². The molecule has 4 N–H and O–H groups in total. The van der Waals surface area contributed by atoms with E-state index >= 15 is 0 Å². The molecule has 0 radical (unpaired) electrons. The molecule has 70 valence electrons. The van der Waals surface area contributed by atoms with Gasteiger partial charge in [-0.2, -0.15) is 0 Å². The standard InChI is InChI=1S/C8H11N3O2/c9-8(13)6(12)5-11-7-3-1-2-4-10-7/h1-4,6,12H,5H2,(H2,9,13)(H,10,11). The monoisotopic (exact) mass is 181 g/mol. The Bertz CT molecular complexity index is 276. The molecule has 5 nitrogen and oxygen atoms in total. The molecule has 1 aromatic heterocycles. The number of aliphatic hydroxyl groups is 1. The molecule has 13 heavy (non-hydrogen) atoms. The number of carbonyl (C=O) groups excluding carboxylic acids is 1. The third kappa shape index (κ3) is 3.08. The van der Waals surface area contributed by atoms with Crippen LogP contribution in [-0.2, 0) is 4.79 Å². The Hall–Kier alpha value is -1.62. The van der Waals surface area contributed by atoms with Crippen LogP contribution in [0.1, 0.15) is 0 Å². The molecule has 0 aromatic carbocycles. The Labute approximate surface area is 75.6 Å². The highest BCUT2D eigenvalue weighted by molar-refractivity contribution is 5.79. The van der Waals surface area contributed by atoms with Crippen molar-refractivity contribution in [3.63, 3.8) is 0 Å². The minimum absolute atomic E-state index is 0.0757. The number of primary amides is 1. The number of carbonyl (C=O) groups is 1. The van der Waals surface area contributed by atoms with Crippen LogP contribution in [0.15, 0.2) is 24.4 Å². The van der Waals surface area contributed by atoms with E-state index in [4.69, 9.17) is 10.8 Å². The lowest BCUT2D eigenvalue weighted by atomic mass is 10.3. The third-order valence-electron chi connectivity index (χ3n) is 1.47. The smallest absolute Gasteiger partial charge is 0.248 e. The molecule has 1 amide bonds. The second-order valence-corrected chi connectivity index (χ2v) is 2.51. The Morgan fingerprint density at radius 2 is 2.46 bits per heavy atom. The lowest BCUT2D eigenvalue weighted by Gasteiger charge is -2.07.